The molecule has 0 aliphatic heterocycles. The number of sulfonamides is 1. The van der Waals surface area contributed by atoms with Crippen LogP contribution < -0.4 is 10.0 Å². The maximum atomic E-state index is 12.4. The number of amides is 1. The highest BCUT2D eigenvalue weighted by Gasteiger charge is 2.12. The molecule has 1 aromatic carbocycles. The van der Waals surface area contributed by atoms with Crippen LogP contribution in [0.1, 0.15) is 5.56 Å². The molecule has 0 radical (unpaired) electrons. The molecule has 3 N–H and O–H groups in total. The molecule has 0 fully saturated rings. The number of hydrogen-bond acceptors (Lipinski definition) is 6. The van der Waals surface area contributed by atoms with Crippen molar-refractivity contribution in [3.05, 3.63) is 60.0 Å². The van der Waals surface area contributed by atoms with E-state index in [4.69, 9.17) is 0 Å². The average Bonchev–Trinajstić information content (AvgIpc) is 3.27. The van der Waals surface area contributed by atoms with Crippen molar-refractivity contribution in [3.8, 4) is 11.1 Å². The molecular formula is C19H17N5O3S2. The molecule has 0 atom stereocenters. The standard InChI is InChI=1S/C19H17N5O3S2/c1-29(26,27)24-14-4-2-3-12(5-14)6-17(25)23-18-7-13(10-28-18)15-9-21-19-16(15)8-20-11-22-19/h2-5,7-11,24H,6H2,1H3,(H,23,25)(H,20,21,22). The third-order valence-corrected chi connectivity index (χ3v) is 5.58. The lowest BCUT2D eigenvalue weighted by molar-refractivity contribution is -0.115. The summed E-state index contributed by atoms with van der Waals surface area (Å²) in [4.78, 5) is 23.8. The van der Waals surface area contributed by atoms with Crippen LogP contribution in [0, 0.1) is 0 Å². The Morgan fingerprint density at radius 2 is 2.14 bits per heavy atom. The van der Waals surface area contributed by atoms with Crippen molar-refractivity contribution >= 4 is 49.0 Å². The molecule has 29 heavy (non-hydrogen) atoms. The van der Waals surface area contributed by atoms with Gasteiger partial charge in [0, 0.05) is 34.4 Å². The highest BCUT2D eigenvalue weighted by Crippen LogP contribution is 2.33. The van der Waals surface area contributed by atoms with E-state index in [0.29, 0.717) is 11.3 Å². The molecule has 3 heterocycles. The van der Waals surface area contributed by atoms with E-state index in [2.05, 4.69) is 25.0 Å². The highest BCUT2D eigenvalue weighted by molar-refractivity contribution is 7.92. The molecule has 0 aliphatic carbocycles. The summed E-state index contributed by atoms with van der Waals surface area (Å²) in [5, 5.41) is 6.49. The number of rotatable bonds is 6. The zero-order valence-electron chi connectivity index (χ0n) is 15.3. The van der Waals surface area contributed by atoms with Crippen LogP contribution in [0.2, 0.25) is 0 Å². The Morgan fingerprint density at radius 3 is 2.97 bits per heavy atom. The van der Waals surface area contributed by atoms with Crippen LogP contribution in [0.5, 0.6) is 0 Å². The molecule has 0 bridgehead atoms. The van der Waals surface area contributed by atoms with Gasteiger partial charge < -0.3 is 10.3 Å². The fraction of sp³-hybridized carbons (Fsp3) is 0.105. The van der Waals surface area contributed by atoms with Crippen molar-refractivity contribution in [2.75, 3.05) is 16.3 Å². The minimum atomic E-state index is -3.37. The van der Waals surface area contributed by atoms with Gasteiger partial charge in [0.25, 0.3) is 0 Å². The van der Waals surface area contributed by atoms with E-state index in [1.807, 2.05) is 17.6 Å². The summed E-state index contributed by atoms with van der Waals surface area (Å²) in [6, 6.07) is 8.67. The second kappa shape index (κ2) is 7.64. The second-order valence-electron chi connectivity index (χ2n) is 6.49. The van der Waals surface area contributed by atoms with E-state index in [9.17, 15) is 13.2 Å². The minimum Gasteiger partial charge on any atom is -0.345 e. The summed E-state index contributed by atoms with van der Waals surface area (Å²) in [5.74, 6) is -0.183. The zero-order chi connectivity index (χ0) is 20.4. The maximum Gasteiger partial charge on any atom is 0.229 e. The molecule has 0 saturated carbocycles. The Labute approximate surface area is 171 Å². The van der Waals surface area contributed by atoms with Crippen LogP contribution >= 0.6 is 11.3 Å². The van der Waals surface area contributed by atoms with Crippen molar-refractivity contribution in [3.63, 3.8) is 0 Å². The lowest BCUT2D eigenvalue weighted by Gasteiger charge is -2.07. The smallest absolute Gasteiger partial charge is 0.229 e. The van der Waals surface area contributed by atoms with Crippen molar-refractivity contribution in [1.82, 2.24) is 15.0 Å². The quantitative estimate of drug-likeness (QED) is 0.437. The summed E-state index contributed by atoms with van der Waals surface area (Å²) in [6.07, 6.45) is 6.32. The maximum absolute atomic E-state index is 12.4. The number of nitrogens with one attached hydrogen (secondary N) is 3. The van der Waals surface area contributed by atoms with Gasteiger partial charge in [-0.05, 0) is 29.3 Å². The van der Waals surface area contributed by atoms with Gasteiger partial charge >= 0.3 is 0 Å². The van der Waals surface area contributed by atoms with Crippen LogP contribution in [0.25, 0.3) is 22.2 Å². The van der Waals surface area contributed by atoms with Gasteiger partial charge in [0.1, 0.15) is 12.0 Å². The first-order valence-corrected chi connectivity index (χ1v) is 11.4. The Hall–Kier alpha value is -3.24. The molecule has 0 spiro atoms. The predicted molar refractivity (Wildman–Crippen MR) is 114 cm³/mol. The number of thiophene rings is 1. The molecule has 4 aromatic rings. The van der Waals surface area contributed by atoms with Crippen LogP contribution in [-0.2, 0) is 21.2 Å². The largest absolute Gasteiger partial charge is 0.345 e. The van der Waals surface area contributed by atoms with Gasteiger partial charge in [0.2, 0.25) is 15.9 Å². The van der Waals surface area contributed by atoms with Crippen molar-refractivity contribution in [2.24, 2.45) is 0 Å². The van der Waals surface area contributed by atoms with Gasteiger partial charge in [-0.1, -0.05) is 12.1 Å². The molecule has 1 amide bonds. The molecule has 10 heteroatoms. The summed E-state index contributed by atoms with van der Waals surface area (Å²) in [5.41, 5.74) is 3.83. The number of carbonyl (C=O) groups excluding carboxylic acids is 1. The highest BCUT2D eigenvalue weighted by atomic mass is 32.2. The number of aromatic nitrogens is 3. The number of aromatic amines is 1. The Balaban J connectivity index is 1.45. The monoisotopic (exact) mass is 427 g/mol. The number of fused-ring (bicyclic) bond motifs is 1. The topological polar surface area (TPSA) is 117 Å². The van der Waals surface area contributed by atoms with Crippen molar-refractivity contribution in [1.29, 1.82) is 0 Å². The van der Waals surface area contributed by atoms with Crippen LogP contribution in [0.4, 0.5) is 10.7 Å². The Kier molecular flexibility index (Phi) is 5.03. The second-order valence-corrected chi connectivity index (χ2v) is 9.15. The SMILES string of the molecule is CS(=O)(=O)Nc1cccc(CC(=O)Nc2cc(-c3c[nH]c4ncncc34)cs2)c1. The first-order valence-electron chi connectivity index (χ1n) is 8.60. The van der Waals surface area contributed by atoms with E-state index in [0.717, 1.165) is 33.4 Å². The van der Waals surface area contributed by atoms with Gasteiger partial charge in [-0.15, -0.1) is 11.3 Å². The summed E-state index contributed by atoms with van der Waals surface area (Å²) in [7, 11) is -3.37. The summed E-state index contributed by atoms with van der Waals surface area (Å²) in [6.45, 7) is 0. The van der Waals surface area contributed by atoms with Gasteiger partial charge in [0.05, 0.1) is 17.7 Å². The normalized spacial score (nSPS) is 11.5. The third-order valence-electron chi connectivity index (χ3n) is 4.12. The fourth-order valence-corrected chi connectivity index (χ4v) is 4.34. The zero-order valence-corrected chi connectivity index (χ0v) is 17.0. The average molecular weight is 428 g/mol. The van der Waals surface area contributed by atoms with E-state index in [1.54, 1.807) is 30.5 Å². The van der Waals surface area contributed by atoms with Crippen molar-refractivity contribution < 1.29 is 13.2 Å². The Bertz CT molecular complexity index is 1290. The molecule has 0 aliphatic rings. The summed E-state index contributed by atoms with van der Waals surface area (Å²) >= 11 is 1.43. The van der Waals surface area contributed by atoms with E-state index >= 15 is 0 Å². The molecule has 148 valence electrons. The number of benzene rings is 1. The number of nitrogens with zero attached hydrogens (tertiary/aromatic N) is 2. The molecule has 0 unspecified atom stereocenters. The predicted octanol–water partition coefficient (Wildman–Crippen LogP) is 3.24. The van der Waals surface area contributed by atoms with Crippen molar-refractivity contribution in [2.45, 2.75) is 6.42 Å². The number of H-pyrrole nitrogens is 1. The third kappa shape index (κ3) is 4.61. The first-order chi connectivity index (χ1) is 13.9. The number of hydrogen-bond donors (Lipinski definition) is 3. The molecule has 8 nitrogen and oxygen atoms in total. The lowest BCUT2D eigenvalue weighted by atomic mass is 10.1. The van der Waals surface area contributed by atoms with Crippen LogP contribution in [-0.4, -0.2) is 35.5 Å². The van der Waals surface area contributed by atoms with Crippen LogP contribution in [0.3, 0.4) is 0 Å². The number of carbonyl (C=O) groups is 1. The fourth-order valence-electron chi connectivity index (χ4n) is 2.97. The molecule has 4 rings (SSSR count). The van der Waals surface area contributed by atoms with E-state index < -0.39 is 10.0 Å². The van der Waals surface area contributed by atoms with E-state index in [-0.39, 0.29) is 12.3 Å². The van der Waals surface area contributed by atoms with Gasteiger partial charge in [-0.3, -0.25) is 9.52 Å². The summed E-state index contributed by atoms with van der Waals surface area (Å²) < 4.78 is 25.1. The van der Waals surface area contributed by atoms with Gasteiger partial charge in [-0.25, -0.2) is 18.4 Å². The van der Waals surface area contributed by atoms with Crippen LogP contribution in [0.15, 0.2) is 54.4 Å². The first kappa shape index (κ1) is 19.1. The minimum absolute atomic E-state index is 0.132. The van der Waals surface area contributed by atoms with E-state index in [1.165, 1.54) is 17.7 Å². The van der Waals surface area contributed by atoms with Gasteiger partial charge in [-0.2, -0.15) is 0 Å². The molecule has 0 saturated heterocycles. The molecule has 3 aromatic heterocycles. The lowest BCUT2D eigenvalue weighted by Crippen LogP contribution is -2.14. The van der Waals surface area contributed by atoms with Gasteiger partial charge in [0.15, 0.2) is 0 Å². The molecular weight excluding hydrogens is 410 g/mol. The Morgan fingerprint density at radius 1 is 1.28 bits per heavy atom. The number of anilines is 2.